The molecular formula is C19H22F3N3O2. The number of carbonyl (C=O) groups excluding carboxylic acids is 1. The van der Waals surface area contributed by atoms with E-state index in [0.717, 1.165) is 16.3 Å². The maximum atomic E-state index is 13.0. The lowest BCUT2D eigenvalue weighted by molar-refractivity contribution is -0.250. The number of benzene rings is 1. The van der Waals surface area contributed by atoms with Crippen LogP contribution < -0.4 is 0 Å². The summed E-state index contributed by atoms with van der Waals surface area (Å²) in [4.78, 5) is 13.3. The monoisotopic (exact) mass is 381 g/mol. The van der Waals surface area contributed by atoms with Gasteiger partial charge in [0, 0.05) is 30.9 Å². The van der Waals surface area contributed by atoms with Crippen molar-refractivity contribution < 1.29 is 23.1 Å². The van der Waals surface area contributed by atoms with Crippen molar-refractivity contribution in [3.63, 3.8) is 0 Å². The van der Waals surface area contributed by atoms with Gasteiger partial charge in [-0.3, -0.25) is 4.79 Å². The first-order valence-electron chi connectivity index (χ1n) is 8.80. The van der Waals surface area contributed by atoms with E-state index in [1.54, 1.807) is 6.20 Å². The minimum absolute atomic E-state index is 0.0487. The molecule has 1 fully saturated rings. The molecule has 3 atom stereocenters. The molecule has 0 aliphatic carbocycles. The molecule has 1 aliphatic rings. The number of amides is 1. The van der Waals surface area contributed by atoms with E-state index in [2.05, 4.69) is 5.10 Å². The average Bonchev–Trinajstić information content (AvgIpc) is 3.10. The molecule has 1 N–H and O–H groups in total. The van der Waals surface area contributed by atoms with Gasteiger partial charge in [0.2, 0.25) is 5.60 Å². The molecule has 146 valence electrons. The van der Waals surface area contributed by atoms with Crippen LogP contribution in [0.3, 0.4) is 0 Å². The van der Waals surface area contributed by atoms with Gasteiger partial charge in [0.1, 0.15) is 0 Å². The molecule has 0 spiro atoms. The maximum absolute atomic E-state index is 13.0. The van der Waals surface area contributed by atoms with Gasteiger partial charge in [-0.1, -0.05) is 25.1 Å². The van der Waals surface area contributed by atoms with E-state index in [1.165, 1.54) is 0 Å². The Balaban J connectivity index is 1.78. The van der Waals surface area contributed by atoms with Crippen molar-refractivity contribution in [2.24, 2.45) is 5.92 Å². The first-order valence-corrected chi connectivity index (χ1v) is 8.80. The molecule has 1 unspecified atom stereocenters. The van der Waals surface area contributed by atoms with Crippen LogP contribution in [0.15, 0.2) is 42.6 Å². The third-order valence-corrected chi connectivity index (χ3v) is 5.21. The number of aliphatic hydroxyl groups is 1. The van der Waals surface area contributed by atoms with Gasteiger partial charge in [-0.05, 0) is 37.5 Å². The van der Waals surface area contributed by atoms with E-state index in [1.807, 2.05) is 48.0 Å². The lowest BCUT2D eigenvalue weighted by atomic mass is 9.83. The number of rotatable bonds is 3. The second-order valence-electron chi connectivity index (χ2n) is 7.20. The van der Waals surface area contributed by atoms with E-state index in [9.17, 15) is 23.1 Å². The second-order valence-corrected chi connectivity index (χ2v) is 7.20. The smallest absolute Gasteiger partial charge is 0.373 e. The van der Waals surface area contributed by atoms with Crippen molar-refractivity contribution >= 4 is 5.91 Å². The highest BCUT2D eigenvalue weighted by molar-refractivity contribution is 5.85. The molecule has 1 amide bonds. The van der Waals surface area contributed by atoms with Gasteiger partial charge in [-0.25, -0.2) is 4.68 Å². The summed E-state index contributed by atoms with van der Waals surface area (Å²) in [5.74, 6) is -1.32. The second kappa shape index (κ2) is 6.99. The van der Waals surface area contributed by atoms with Gasteiger partial charge >= 0.3 is 6.18 Å². The van der Waals surface area contributed by atoms with E-state index < -0.39 is 17.7 Å². The SMILES string of the molecule is C[C@@H]1CN(C(=O)C(C)(O)C(F)(F)F)CC[C@@H]1c1ccnn1-c1ccccc1. The summed E-state index contributed by atoms with van der Waals surface area (Å²) in [7, 11) is 0. The van der Waals surface area contributed by atoms with Crippen LogP contribution in [-0.4, -0.2) is 50.6 Å². The summed E-state index contributed by atoms with van der Waals surface area (Å²) < 4.78 is 40.7. The molecule has 0 saturated carbocycles. The standard InChI is InChI=1S/C19H22F3N3O2/c1-13-12-24(17(26)18(2,27)19(20,21)22)11-9-15(13)16-8-10-23-25(16)14-6-4-3-5-7-14/h3-8,10,13,15,27H,9,11-12H2,1-2H3/t13-,15+,18?/m1/s1. The van der Waals surface area contributed by atoms with Gasteiger partial charge < -0.3 is 10.0 Å². The number of alkyl halides is 3. The Hall–Kier alpha value is -2.35. The molecule has 1 aromatic carbocycles. The topological polar surface area (TPSA) is 58.4 Å². The number of para-hydroxylation sites is 1. The molecule has 0 bridgehead atoms. The van der Waals surface area contributed by atoms with Gasteiger partial charge in [0.25, 0.3) is 5.91 Å². The number of carbonyl (C=O) groups is 1. The Kier molecular flexibility index (Phi) is 5.03. The minimum Gasteiger partial charge on any atom is -0.373 e. The predicted molar refractivity (Wildman–Crippen MR) is 93.3 cm³/mol. The lowest BCUT2D eigenvalue weighted by Gasteiger charge is -2.40. The number of aromatic nitrogens is 2. The van der Waals surface area contributed by atoms with Gasteiger partial charge in [-0.15, -0.1) is 0 Å². The van der Waals surface area contributed by atoms with Crippen molar-refractivity contribution in [2.75, 3.05) is 13.1 Å². The third-order valence-electron chi connectivity index (χ3n) is 5.21. The zero-order chi connectivity index (χ0) is 19.8. The van der Waals surface area contributed by atoms with Crippen molar-refractivity contribution in [3.8, 4) is 5.69 Å². The van der Waals surface area contributed by atoms with Crippen LogP contribution in [0.5, 0.6) is 0 Å². The average molecular weight is 381 g/mol. The Bertz CT molecular complexity index is 802. The summed E-state index contributed by atoms with van der Waals surface area (Å²) in [6, 6.07) is 11.5. The molecule has 0 radical (unpaired) electrons. The van der Waals surface area contributed by atoms with Gasteiger partial charge in [0.15, 0.2) is 0 Å². The summed E-state index contributed by atoms with van der Waals surface area (Å²) in [5, 5.41) is 14.0. The van der Waals surface area contributed by atoms with Crippen molar-refractivity contribution in [1.29, 1.82) is 0 Å². The van der Waals surface area contributed by atoms with Crippen molar-refractivity contribution in [2.45, 2.75) is 38.0 Å². The fourth-order valence-corrected chi connectivity index (χ4v) is 3.58. The van der Waals surface area contributed by atoms with Crippen LogP contribution in [0, 0.1) is 5.92 Å². The number of piperidine rings is 1. The van der Waals surface area contributed by atoms with Crippen LogP contribution in [0.2, 0.25) is 0 Å². The zero-order valence-corrected chi connectivity index (χ0v) is 15.1. The Morgan fingerprint density at radius 1 is 1.22 bits per heavy atom. The fourth-order valence-electron chi connectivity index (χ4n) is 3.58. The van der Waals surface area contributed by atoms with Gasteiger partial charge in [-0.2, -0.15) is 18.3 Å². The molecule has 5 nitrogen and oxygen atoms in total. The quantitative estimate of drug-likeness (QED) is 0.889. The van der Waals surface area contributed by atoms with Crippen LogP contribution in [-0.2, 0) is 4.79 Å². The Morgan fingerprint density at radius 3 is 2.48 bits per heavy atom. The molecule has 27 heavy (non-hydrogen) atoms. The summed E-state index contributed by atoms with van der Waals surface area (Å²) >= 11 is 0. The molecule has 1 aliphatic heterocycles. The van der Waals surface area contributed by atoms with Crippen LogP contribution in [0.4, 0.5) is 13.2 Å². The Labute approximate surface area is 155 Å². The molecule has 2 heterocycles. The van der Waals surface area contributed by atoms with Crippen molar-refractivity contribution in [1.82, 2.24) is 14.7 Å². The lowest BCUT2D eigenvalue weighted by Crippen LogP contribution is -2.58. The van der Waals surface area contributed by atoms with Crippen molar-refractivity contribution in [3.05, 3.63) is 48.3 Å². The minimum atomic E-state index is -5.00. The maximum Gasteiger partial charge on any atom is 0.426 e. The predicted octanol–water partition coefficient (Wildman–Crippen LogP) is 3.14. The zero-order valence-electron chi connectivity index (χ0n) is 15.1. The molecule has 2 aromatic rings. The summed E-state index contributed by atoms with van der Waals surface area (Å²) in [6.07, 6.45) is -2.81. The first kappa shape index (κ1) is 19.4. The third kappa shape index (κ3) is 3.58. The first-order chi connectivity index (χ1) is 12.6. The number of nitrogens with zero attached hydrogens (tertiary/aromatic N) is 3. The number of likely N-dealkylation sites (tertiary alicyclic amines) is 1. The van der Waals surface area contributed by atoms with Crippen LogP contribution >= 0.6 is 0 Å². The highest BCUT2D eigenvalue weighted by atomic mass is 19.4. The molecule has 1 saturated heterocycles. The molecule has 3 rings (SSSR count). The summed E-state index contributed by atoms with van der Waals surface area (Å²) in [6.45, 7) is 2.71. The van der Waals surface area contributed by atoms with Crippen LogP contribution in [0.25, 0.3) is 5.69 Å². The van der Waals surface area contributed by atoms with E-state index in [0.29, 0.717) is 13.3 Å². The largest absolute Gasteiger partial charge is 0.426 e. The highest BCUT2D eigenvalue weighted by Crippen LogP contribution is 2.37. The van der Waals surface area contributed by atoms with E-state index >= 15 is 0 Å². The summed E-state index contributed by atoms with van der Waals surface area (Å²) in [5.41, 5.74) is -1.50. The number of hydrogen-bond acceptors (Lipinski definition) is 3. The number of hydrogen-bond donors (Lipinski definition) is 1. The van der Waals surface area contributed by atoms with Crippen LogP contribution in [0.1, 0.15) is 31.9 Å². The molecular weight excluding hydrogens is 359 g/mol. The Morgan fingerprint density at radius 2 is 1.89 bits per heavy atom. The highest BCUT2D eigenvalue weighted by Gasteiger charge is 2.57. The van der Waals surface area contributed by atoms with E-state index in [-0.39, 0.29) is 24.9 Å². The molecule has 8 heteroatoms. The number of halogens is 3. The fraction of sp³-hybridized carbons (Fsp3) is 0.474. The normalized spacial score (nSPS) is 23.1. The van der Waals surface area contributed by atoms with E-state index in [4.69, 9.17) is 0 Å². The van der Waals surface area contributed by atoms with Gasteiger partial charge in [0.05, 0.1) is 5.69 Å². The molecule has 1 aromatic heterocycles.